The lowest BCUT2D eigenvalue weighted by atomic mass is 9.72. The van der Waals surface area contributed by atoms with Gasteiger partial charge in [0.1, 0.15) is 5.41 Å². The third-order valence-corrected chi connectivity index (χ3v) is 8.29. The van der Waals surface area contributed by atoms with E-state index in [-0.39, 0.29) is 18.3 Å². The van der Waals surface area contributed by atoms with Crippen molar-refractivity contribution in [2.75, 3.05) is 42.9 Å². The molecule has 0 aliphatic carbocycles. The summed E-state index contributed by atoms with van der Waals surface area (Å²) in [5, 5.41) is 14.5. The monoisotopic (exact) mass is 519 g/mol. The summed E-state index contributed by atoms with van der Waals surface area (Å²) in [7, 11) is 0. The van der Waals surface area contributed by atoms with Crippen molar-refractivity contribution in [2.24, 2.45) is 0 Å². The summed E-state index contributed by atoms with van der Waals surface area (Å²) in [5.41, 5.74) is 3.67. The lowest BCUT2D eigenvalue weighted by molar-refractivity contribution is -0.120. The zero-order chi connectivity index (χ0) is 25.2. The molecule has 2 heterocycles. The Balaban J connectivity index is 0.00000320. The van der Waals surface area contributed by atoms with E-state index in [1.54, 1.807) is 0 Å². The number of nitrogens with one attached hydrogen (secondary N) is 1. The standard InChI is InChI=1S/C31H37N3O2.ClH/c1-3-34(4-2)26-15-16-27-28(23-26)32-29(35)31(27,25-13-9-6-10-14-25)19-22-33-20-17-30(36,18-21-33)24-11-7-5-8-12-24;/h5-16,23,36H,3-4,17-22H2,1-2H3,(H,32,35);1H. The minimum absolute atomic E-state index is 0. The van der Waals surface area contributed by atoms with Gasteiger partial charge in [-0.1, -0.05) is 66.7 Å². The van der Waals surface area contributed by atoms with Gasteiger partial charge in [-0.3, -0.25) is 4.79 Å². The van der Waals surface area contributed by atoms with E-state index in [0.29, 0.717) is 19.3 Å². The molecule has 1 atom stereocenters. The Labute approximate surface area is 226 Å². The van der Waals surface area contributed by atoms with E-state index in [1.165, 1.54) is 0 Å². The largest absolute Gasteiger partial charge is 0.385 e. The molecular formula is C31H38ClN3O2. The van der Waals surface area contributed by atoms with Gasteiger partial charge in [0.05, 0.1) is 5.60 Å². The Morgan fingerprint density at radius 1 is 0.892 bits per heavy atom. The zero-order valence-electron chi connectivity index (χ0n) is 21.8. The lowest BCUT2D eigenvalue weighted by Crippen LogP contribution is -2.45. The van der Waals surface area contributed by atoms with Crippen molar-refractivity contribution in [2.45, 2.75) is 44.1 Å². The first-order chi connectivity index (χ1) is 17.5. The van der Waals surface area contributed by atoms with Crippen LogP contribution in [0.3, 0.4) is 0 Å². The van der Waals surface area contributed by atoms with Crippen molar-refractivity contribution >= 4 is 29.7 Å². The quantitative estimate of drug-likeness (QED) is 0.408. The molecule has 0 radical (unpaired) electrons. The number of aliphatic hydroxyl groups is 1. The highest BCUT2D eigenvalue weighted by Crippen LogP contribution is 2.47. The van der Waals surface area contributed by atoms with E-state index >= 15 is 0 Å². The second-order valence-electron chi connectivity index (χ2n) is 10.1. The van der Waals surface area contributed by atoms with Crippen molar-refractivity contribution < 1.29 is 9.90 Å². The van der Waals surface area contributed by atoms with Crippen LogP contribution in [0.2, 0.25) is 0 Å². The number of hydrogen-bond donors (Lipinski definition) is 2. The summed E-state index contributed by atoms with van der Waals surface area (Å²) in [6.07, 6.45) is 2.10. The average Bonchev–Trinajstić information content (AvgIpc) is 3.21. The van der Waals surface area contributed by atoms with Gasteiger partial charge in [0, 0.05) is 37.6 Å². The predicted octanol–water partition coefficient (Wildman–Crippen LogP) is 5.57. The topological polar surface area (TPSA) is 55.8 Å². The fraction of sp³-hybridized carbons (Fsp3) is 0.387. The Hall–Kier alpha value is -2.86. The third-order valence-electron chi connectivity index (χ3n) is 8.29. The van der Waals surface area contributed by atoms with Gasteiger partial charge in [-0.2, -0.15) is 0 Å². The molecule has 5 rings (SSSR count). The van der Waals surface area contributed by atoms with E-state index in [1.807, 2.05) is 48.5 Å². The maximum atomic E-state index is 13.8. The molecule has 1 saturated heterocycles. The summed E-state index contributed by atoms with van der Waals surface area (Å²) in [5.74, 6) is 0.0539. The smallest absolute Gasteiger partial charge is 0.239 e. The van der Waals surface area contributed by atoms with Gasteiger partial charge >= 0.3 is 0 Å². The summed E-state index contributed by atoms with van der Waals surface area (Å²) in [4.78, 5) is 18.5. The molecule has 37 heavy (non-hydrogen) atoms. The van der Waals surface area contributed by atoms with Crippen LogP contribution in [0.25, 0.3) is 0 Å². The number of carbonyl (C=O) groups is 1. The first kappa shape index (κ1) is 27.2. The van der Waals surface area contributed by atoms with Crippen molar-refractivity contribution in [1.29, 1.82) is 0 Å². The van der Waals surface area contributed by atoms with Crippen LogP contribution < -0.4 is 10.2 Å². The van der Waals surface area contributed by atoms with Crippen LogP contribution in [0.5, 0.6) is 0 Å². The molecule has 2 aliphatic rings. The number of benzene rings is 3. The first-order valence-corrected chi connectivity index (χ1v) is 13.3. The Bertz CT molecular complexity index is 1190. The van der Waals surface area contributed by atoms with E-state index in [9.17, 15) is 9.90 Å². The molecule has 0 bridgehead atoms. The van der Waals surface area contributed by atoms with E-state index in [0.717, 1.165) is 60.8 Å². The molecule has 3 aromatic rings. The van der Waals surface area contributed by atoms with Gasteiger partial charge in [-0.05, 0) is 68.5 Å². The molecule has 2 N–H and O–H groups in total. The molecule has 6 heteroatoms. The maximum absolute atomic E-state index is 13.8. The van der Waals surface area contributed by atoms with Crippen LogP contribution in [0, 0.1) is 0 Å². The SMILES string of the molecule is CCN(CC)c1ccc2c(c1)NC(=O)C2(CCN1CCC(O)(c2ccccc2)CC1)c1ccccc1.Cl. The lowest BCUT2D eigenvalue weighted by Gasteiger charge is -2.40. The van der Waals surface area contributed by atoms with Crippen molar-refractivity contribution in [3.05, 3.63) is 95.6 Å². The molecule has 0 spiro atoms. The number of rotatable bonds is 8. The van der Waals surface area contributed by atoms with Crippen LogP contribution in [0.4, 0.5) is 11.4 Å². The van der Waals surface area contributed by atoms with Gasteiger partial charge < -0.3 is 20.2 Å². The van der Waals surface area contributed by atoms with Crippen molar-refractivity contribution in [3.63, 3.8) is 0 Å². The molecule has 0 saturated carbocycles. The summed E-state index contributed by atoms with van der Waals surface area (Å²) >= 11 is 0. The number of likely N-dealkylation sites (tertiary alicyclic amines) is 1. The third kappa shape index (κ3) is 5.00. The van der Waals surface area contributed by atoms with Crippen LogP contribution in [-0.2, 0) is 15.8 Å². The molecule has 5 nitrogen and oxygen atoms in total. The number of amides is 1. The number of halogens is 1. The van der Waals surface area contributed by atoms with Crippen LogP contribution in [0.1, 0.15) is 49.8 Å². The number of anilines is 2. The molecular weight excluding hydrogens is 482 g/mol. The normalized spacial score (nSPS) is 20.6. The Morgan fingerprint density at radius 2 is 1.49 bits per heavy atom. The van der Waals surface area contributed by atoms with Gasteiger partial charge in [0.15, 0.2) is 0 Å². The fourth-order valence-electron chi connectivity index (χ4n) is 6.06. The second-order valence-corrected chi connectivity index (χ2v) is 10.1. The average molecular weight is 520 g/mol. The number of fused-ring (bicyclic) bond motifs is 1. The molecule has 1 fully saturated rings. The first-order valence-electron chi connectivity index (χ1n) is 13.3. The molecule has 1 unspecified atom stereocenters. The number of hydrogen-bond acceptors (Lipinski definition) is 4. The Kier molecular flexibility index (Phi) is 8.27. The highest BCUT2D eigenvalue weighted by atomic mass is 35.5. The van der Waals surface area contributed by atoms with Crippen LogP contribution >= 0.6 is 12.4 Å². The van der Waals surface area contributed by atoms with Crippen molar-refractivity contribution in [1.82, 2.24) is 4.90 Å². The Morgan fingerprint density at radius 3 is 2.08 bits per heavy atom. The van der Waals surface area contributed by atoms with E-state index in [4.69, 9.17) is 0 Å². The summed E-state index contributed by atoms with van der Waals surface area (Å²) in [6.45, 7) is 8.58. The van der Waals surface area contributed by atoms with Crippen LogP contribution in [-0.4, -0.2) is 48.6 Å². The maximum Gasteiger partial charge on any atom is 0.239 e. The number of piperidine rings is 1. The summed E-state index contributed by atoms with van der Waals surface area (Å²) < 4.78 is 0. The minimum Gasteiger partial charge on any atom is -0.385 e. The molecule has 196 valence electrons. The van der Waals surface area contributed by atoms with E-state index in [2.05, 4.69) is 59.3 Å². The van der Waals surface area contributed by atoms with Gasteiger partial charge in [0.2, 0.25) is 5.91 Å². The molecule has 1 amide bonds. The van der Waals surface area contributed by atoms with E-state index < -0.39 is 11.0 Å². The minimum atomic E-state index is -0.771. The predicted molar refractivity (Wildman–Crippen MR) is 154 cm³/mol. The van der Waals surface area contributed by atoms with Gasteiger partial charge in [-0.25, -0.2) is 0 Å². The van der Waals surface area contributed by atoms with Gasteiger partial charge in [-0.15, -0.1) is 12.4 Å². The number of nitrogens with zero attached hydrogens (tertiary/aromatic N) is 2. The molecule has 3 aromatic carbocycles. The van der Waals surface area contributed by atoms with Gasteiger partial charge in [0.25, 0.3) is 0 Å². The zero-order valence-corrected chi connectivity index (χ0v) is 22.6. The second kappa shape index (κ2) is 11.3. The van der Waals surface area contributed by atoms with Crippen LogP contribution in [0.15, 0.2) is 78.9 Å². The van der Waals surface area contributed by atoms with Crippen molar-refractivity contribution in [3.8, 4) is 0 Å². The number of carbonyl (C=O) groups excluding carboxylic acids is 1. The molecule has 2 aliphatic heterocycles. The highest BCUT2D eigenvalue weighted by Gasteiger charge is 2.48. The molecule has 0 aromatic heterocycles. The highest BCUT2D eigenvalue weighted by molar-refractivity contribution is 6.09. The fourth-order valence-corrected chi connectivity index (χ4v) is 6.06. The summed E-state index contributed by atoms with van der Waals surface area (Å²) in [6, 6.07) is 26.7.